The van der Waals surface area contributed by atoms with Crippen molar-refractivity contribution in [1.82, 2.24) is 4.98 Å². The lowest BCUT2D eigenvalue weighted by Crippen LogP contribution is -2.13. The number of halogens is 1. The standard InChI is InChI=1S/C20H19ClN4O/c1-25(2)18-9-7-17(8-10-18)24-20(26)14-11-12-22-19(13-14)23-16-5-3-15(21)4-6-16/h3-13H,1-2H3,(H,22,23)(H,24,26). The van der Waals surface area contributed by atoms with E-state index in [2.05, 4.69) is 15.6 Å². The summed E-state index contributed by atoms with van der Waals surface area (Å²) in [6.45, 7) is 0. The second-order valence-corrected chi connectivity index (χ2v) is 6.39. The van der Waals surface area contributed by atoms with Gasteiger partial charge in [0.2, 0.25) is 0 Å². The van der Waals surface area contributed by atoms with Crippen LogP contribution in [-0.2, 0) is 0 Å². The first-order valence-corrected chi connectivity index (χ1v) is 8.46. The topological polar surface area (TPSA) is 57.3 Å². The predicted octanol–water partition coefficient (Wildman–Crippen LogP) is 4.80. The van der Waals surface area contributed by atoms with Crippen molar-refractivity contribution in [3.05, 3.63) is 77.4 Å². The van der Waals surface area contributed by atoms with E-state index >= 15 is 0 Å². The zero-order valence-electron chi connectivity index (χ0n) is 14.5. The highest BCUT2D eigenvalue weighted by molar-refractivity contribution is 6.30. The number of hydrogen-bond donors (Lipinski definition) is 2. The van der Waals surface area contributed by atoms with Crippen LogP contribution in [-0.4, -0.2) is 25.0 Å². The van der Waals surface area contributed by atoms with E-state index in [1.807, 2.05) is 55.4 Å². The fourth-order valence-corrected chi connectivity index (χ4v) is 2.49. The molecule has 0 unspecified atom stereocenters. The molecular formula is C20H19ClN4O. The molecule has 6 heteroatoms. The number of aromatic nitrogens is 1. The fraction of sp³-hybridized carbons (Fsp3) is 0.100. The third-order valence-electron chi connectivity index (χ3n) is 3.78. The lowest BCUT2D eigenvalue weighted by Gasteiger charge is -2.13. The van der Waals surface area contributed by atoms with E-state index in [0.29, 0.717) is 16.4 Å². The molecule has 3 rings (SSSR count). The third kappa shape index (κ3) is 4.52. The number of anilines is 4. The molecule has 0 saturated heterocycles. The molecule has 2 aromatic carbocycles. The molecule has 0 atom stereocenters. The highest BCUT2D eigenvalue weighted by Gasteiger charge is 2.08. The van der Waals surface area contributed by atoms with E-state index in [-0.39, 0.29) is 5.91 Å². The summed E-state index contributed by atoms with van der Waals surface area (Å²) in [5.41, 5.74) is 3.18. The first kappa shape index (κ1) is 17.8. The van der Waals surface area contributed by atoms with Gasteiger partial charge in [-0.3, -0.25) is 4.79 Å². The Morgan fingerprint density at radius 3 is 2.27 bits per heavy atom. The summed E-state index contributed by atoms with van der Waals surface area (Å²) in [7, 11) is 3.94. The van der Waals surface area contributed by atoms with Crippen molar-refractivity contribution in [1.29, 1.82) is 0 Å². The molecule has 0 radical (unpaired) electrons. The van der Waals surface area contributed by atoms with E-state index in [4.69, 9.17) is 11.6 Å². The molecule has 3 aromatic rings. The first-order valence-electron chi connectivity index (χ1n) is 8.09. The molecule has 0 aliphatic heterocycles. The number of carbonyl (C=O) groups is 1. The molecule has 0 aliphatic carbocycles. The first-order chi connectivity index (χ1) is 12.5. The number of rotatable bonds is 5. The molecule has 132 valence electrons. The van der Waals surface area contributed by atoms with Gasteiger partial charge >= 0.3 is 0 Å². The zero-order valence-corrected chi connectivity index (χ0v) is 15.3. The molecule has 1 heterocycles. The molecule has 5 nitrogen and oxygen atoms in total. The lowest BCUT2D eigenvalue weighted by atomic mass is 10.2. The number of hydrogen-bond acceptors (Lipinski definition) is 4. The Bertz CT molecular complexity index is 892. The van der Waals surface area contributed by atoms with Crippen LogP contribution < -0.4 is 15.5 Å². The van der Waals surface area contributed by atoms with Crippen molar-refractivity contribution in [2.75, 3.05) is 29.6 Å². The normalized spacial score (nSPS) is 10.3. The van der Waals surface area contributed by atoms with Crippen LogP contribution >= 0.6 is 11.6 Å². The van der Waals surface area contributed by atoms with E-state index in [1.54, 1.807) is 30.5 Å². The number of pyridine rings is 1. The van der Waals surface area contributed by atoms with Crippen molar-refractivity contribution in [2.24, 2.45) is 0 Å². The van der Waals surface area contributed by atoms with Crippen molar-refractivity contribution < 1.29 is 4.79 Å². The number of amides is 1. The van der Waals surface area contributed by atoms with E-state index in [9.17, 15) is 4.79 Å². The van der Waals surface area contributed by atoms with Crippen molar-refractivity contribution in [3.8, 4) is 0 Å². The number of carbonyl (C=O) groups excluding carboxylic acids is 1. The Hall–Kier alpha value is -3.05. The van der Waals surface area contributed by atoms with Crippen LogP contribution in [0.3, 0.4) is 0 Å². The molecule has 0 bridgehead atoms. The van der Waals surface area contributed by atoms with Crippen molar-refractivity contribution >= 4 is 40.4 Å². The average Bonchev–Trinajstić information content (AvgIpc) is 2.64. The zero-order chi connectivity index (χ0) is 18.5. The number of nitrogens with zero attached hydrogens (tertiary/aromatic N) is 2. The molecule has 1 amide bonds. The maximum Gasteiger partial charge on any atom is 0.255 e. The minimum atomic E-state index is -0.191. The van der Waals surface area contributed by atoms with E-state index in [0.717, 1.165) is 17.1 Å². The van der Waals surface area contributed by atoms with Gasteiger partial charge in [-0.25, -0.2) is 4.98 Å². The van der Waals surface area contributed by atoms with E-state index in [1.165, 1.54) is 0 Å². The van der Waals surface area contributed by atoms with Gasteiger partial charge in [-0.15, -0.1) is 0 Å². The van der Waals surface area contributed by atoms with Crippen LogP contribution in [0, 0.1) is 0 Å². The maximum absolute atomic E-state index is 12.5. The summed E-state index contributed by atoms with van der Waals surface area (Å²) >= 11 is 5.89. The number of benzene rings is 2. The second kappa shape index (κ2) is 7.89. The summed E-state index contributed by atoms with van der Waals surface area (Å²) < 4.78 is 0. The molecule has 0 aliphatic rings. The van der Waals surface area contributed by atoms with Gasteiger partial charge in [-0.05, 0) is 60.7 Å². The Balaban J connectivity index is 1.70. The van der Waals surface area contributed by atoms with Gasteiger partial charge in [-0.1, -0.05) is 11.6 Å². The smallest absolute Gasteiger partial charge is 0.255 e. The maximum atomic E-state index is 12.5. The monoisotopic (exact) mass is 366 g/mol. The van der Waals surface area contributed by atoms with Gasteiger partial charge in [0.25, 0.3) is 5.91 Å². The predicted molar refractivity (Wildman–Crippen MR) is 108 cm³/mol. The van der Waals surface area contributed by atoms with Crippen LogP contribution in [0.4, 0.5) is 22.9 Å². The van der Waals surface area contributed by atoms with E-state index < -0.39 is 0 Å². The SMILES string of the molecule is CN(C)c1ccc(NC(=O)c2ccnc(Nc3ccc(Cl)cc3)c2)cc1. The summed E-state index contributed by atoms with van der Waals surface area (Å²) in [5.74, 6) is 0.395. The highest BCUT2D eigenvalue weighted by Crippen LogP contribution is 2.19. The van der Waals surface area contributed by atoms with Gasteiger partial charge in [-0.2, -0.15) is 0 Å². The number of nitrogens with one attached hydrogen (secondary N) is 2. The van der Waals surface area contributed by atoms with Gasteiger partial charge in [0.1, 0.15) is 5.82 Å². The Morgan fingerprint density at radius 1 is 0.962 bits per heavy atom. The van der Waals surface area contributed by atoms with Gasteiger partial charge < -0.3 is 15.5 Å². The quantitative estimate of drug-likeness (QED) is 0.681. The second-order valence-electron chi connectivity index (χ2n) is 5.96. The summed E-state index contributed by atoms with van der Waals surface area (Å²) in [5, 5.41) is 6.71. The summed E-state index contributed by atoms with van der Waals surface area (Å²) in [4.78, 5) is 18.7. The highest BCUT2D eigenvalue weighted by atomic mass is 35.5. The molecule has 0 saturated carbocycles. The van der Waals surface area contributed by atoms with Crippen LogP contribution in [0.5, 0.6) is 0 Å². The van der Waals surface area contributed by atoms with Crippen LogP contribution in [0.1, 0.15) is 10.4 Å². The van der Waals surface area contributed by atoms with Crippen LogP contribution in [0.2, 0.25) is 5.02 Å². The van der Waals surface area contributed by atoms with Gasteiger partial charge in [0, 0.05) is 47.9 Å². The van der Waals surface area contributed by atoms with Gasteiger partial charge in [0.15, 0.2) is 0 Å². The minimum Gasteiger partial charge on any atom is -0.378 e. The fourth-order valence-electron chi connectivity index (χ4n) is 2.37. The molecule has 2 N–H and O–H groups in total. The molecule has 0 spiro atoms. The van der Waals surface area contributed by atoms with Crippen LogP contribution in [0.25, 0.3) is 0 Å². The summed E-state index contributed by atoms with van der Waals surface area (Å²) in [6, 6.07) is 18.3. The van der Waals surface area contributed by atoms with Crippen LogP contribution in [0.15, 0.2) is 66.9 Å². The average molecular weight is 367 g/mol. The Kier molecular flexibility index (Phi) is 5.39. The lowest BCUT2D eigenvalue weighted by molar-refractivity contribution is 0.102. The van der Waals surface area contributed by atoms with Crippen molar-refractivity contribution in [2.45, 2.75) is 0 Å². The summed E-state index contributed by atoms with van der Waals surface area (Å²) in [6.07, 6.45) is 1.60. The Labute approximate surface area is 157 Å². The molecular weight excluding hydrogens is 348 g/mol. The Morgan fingerprint density at radius 2 is 1.62 bits per heavy atom. The minimum absolute atomic E-state index is 0.191. The molecule has 26 heavy (non-hydrogen) atoms. The van der Waals surface area contributed by atoms with Crippen molar-refractivity contribution in [3.63, 3.8) is 0 Å². The largest absolute Gasteiger partial charge is 0.378 e. The molecule has 1 aromatic heterocycles. The molecule has 0 fully saturated rings. The third-order valence-corrected chi connectivity index (χ3v) is 4.03. The van der Waals surface area contributed by atoms with Gasteiger partial charge in [0.05, 0.1) is 0 Å².